The van der Waals surface area contributed by atoms with Gasteiger partial charge in [0.2, 0.25) is 0 Å². The van der Waals surface area contributed by atoms with Gasteiger partial charge in [-0.15, -0.1) is 0 Å². The minimum atomic E-state index is -0.538. The van der Waals surface area contributed by atoms with Crippen molar-refractivity contribution in [1.82, 2.24) is 0 Å². The first-order valence-corrected chi connectivity index (χ1v) is 8.22. The van der Waals surface area contributed by atoms with Crippen molar-refractivity contribution in [3.63, 3.8) is 0 Å². The highest BCUT2D eigenvalue weighted by Gasteiger charge is 2.17. The van der Waals surface area contributed by atoms with Gasteiger partial charge in [0.05, 0.1) is 5.92 Å². The van der Waals surface area contributed by atoms with Crippen molar-refractivity contribution < 1.29 is 39.5 Å². The zero-order chi connectivity index (χ0) is 20.0. The molecule has 2 rings (SSSR count). The van der Waals surface area contributed by atoms with Crippen LogP contribution in [0.25, 0.3) is 0 Å². The monoisotopic (exact) mass is 376 g/mol. The molecule has 2 aromatic carbocycles. The Balaban J connectivity index is 1.76. The molecule has 4 N–H and O–H groups in total. The molecule has 144 valence electrons. The highest BCUT2D eigenvalue weighted by atomic mass is 16.5. The molecule has 27 heavy (non-hydrogen) atoms. The summed E-state index contributed by atoms with van der Waals surface area (Å²) in [5.41, 5.74) is 0. The van der Waals surface area contributed by atoms with E-state index in [4.69, 9.17) is 9.47 Å². The second-order valence-corrected chi connectivity index (χ2v) is 5.99. The Morgan fingerprint density at radius 3 is 1.89 bits per heavy atom. The topological polar surface area (TPSA) is 134 Å². The zero-order valence-electron chi connectivity index (χ0n) is 14.6. The molecule has 8 heteroatoms. The van der Waals surface area contributed by atoms with Crippen molar-refractivity contribution in [3.8, 4) is 34.5 Å². The molecule has 0 aliphatic heterocycles. The van der Waals surface area contributed by atoms with E-state index in [0.717, 1.165) is 12.1 Å². The van der Waals surface area contributed by atoms with Crippen molar-refractivity contribution in [3.05, 3.63) is 36.4 Å². The van der Waals surface area contributed by atoms with E-state index in [-0.39, 0.29) is 29.4 Å². The van der Waals surface area contributed by atoms with Crippen LogP contribution in [0.2, 0.25) is 0 Å². The van der Waals surface area contributed by atoms with Crippen LogP contribution in [0.3, 0.4) is 0 Å². The summed E-state index contributed by atoms with van der Waals surface area (Å²) in [6.45, 7) is 1.64. The first-order chi connectivity index (χ1) is 12.8. The lowest BCUT2D eigenvalue weighted by Crippen LogP contribution is -2.18. The molecule has 0 aliphatic rings. The van der Waals surface area contributed by atoms with Gasteiger partial charge in [0.1, 0.15) is 11.5 Å². The van der Waals surface area contributed by atoms with Gasteiger partial charge in [-0.2, -0.15) is 0 Å². The third-order valence-corrected chi connectivity index (χ3v) is 3.76. The van der Waals surface area contributed by atoms with Crippen LogP contribution in [0.15, 0.2) is 36.4 Å². The standard InChI is InChI=1S/C19H20O8/c1-11(19(25)27-13-6-8-15(21)17(23)10-13)3-2-4-18(24)26-12-5-7-14(20)16(22)9-12/h5-11,20-23H,2-4H2,1H3. The van der Waals surface area contributed by atoms with E-state index in [0.29, 0.717) is 12.8 Å². The van der Waals surface area contributed by atoms with Gasteiger partial charge in [-0.1, -0.05) is 6.92 Å². The summed E-state index contributed by atoms with van der Waals surface area (Å²) in [7, 11) is 0. The zero-order valence-corrected chi connectivity index (χ0v) is 14.6. The highest BCUT2D eigenvalue weighted by molar-refractivity contribution is 5.75. The number of aromatic hydroxyl groups is 4. The first kappa shape index (κ1) is 19.9. The van der Waals surface area contributed by atoms with Crippen molar-refractivity contribution >= 4 is 11.9 Å². The van der Waals surface area contributed by atoms with Crippen molar-refractivity contribution in [2.75, 3.05) is 0 Å². The number of carbonyl (C=O) groups is 2. The Morgan fingerprint density at radius 2 is 1.37 bits per heavy atom. The molecule has 0 aromatic heterocycles. The molecule has 0 amide bonds. The van der Waals surface area contributed by atoms with Crippen LogP contribution in [0.5, 0.6) is 34.5 Å². The molecule has 0 spiro atoms. The Labute approximate surface area is 155 Å². The average Bonchev–Trinajstić information content (AvgIpc) is 2.61. The van der Waals surface area contributed by atoms with Crippen molar-refractivity contribution in [2.24, 2.45) is 5.92 Å². The summed E-state index contributed by atoms with van der Waals surface area (Å²) in [6, 6.07) is 7.37. The molecule has 0 saturated carbocycles. The first-order valence-electron chi connectivity index (χ1n) is 8.22. The number of carbonyl (C=O) groups excluding carboxylic acids is 2. The molecule has 0 saturated heterocycles. The summed E-state index contributed by atoms with van der Waals surface area (Å²) in [5.74, 6) is -2.77. The predicted octanol–water partition coefficient (Wildman–Crippen LogP) is 2.83. The molecule has 0 fully saturated rings. The molecule has 0 aliphatic carbocycles. The van der Waals surface area contributed by atoms with E-state index in [1.165, 1.54) is 24.3 Å². The molecular weight excluding hydrogens is 356 g/mol. The Kier molecular flexibility index (Phi) is 6.48. The Bertz CT molecular complexity index is 830. The number of phenols is 4. The van der Waals surface area contributed by atoms with Gasteiger partial charge < -0.3 is 29.9 Å². The summed E-state index contributed by atoms with van der Waals surface area (Å²) in [5, 5.41) is 37.2. The number of phenolic OH excluding ortho intramolecular Hbond substituents is 4. The van der Waals surface area contributed by atoms with Gasteiger partial charge in [0.15, 0.2) is 23.0 Å². The summed E-state index contributed by atoms with van der Waals surface area (Å²) in [4.78, 5) is 23.8. The van der Waals surface area contributed by atoms with Gasteiger partial charge in [-0.3, -0.25) is 9.59 Å². The highest BCUT2D eigenvalue weighted by Crippen LogP contribution is 2.30. The van der Waals surface area contributed by atoms with Gasteiger partial charge in [0, 0.05) is 18.6 Å². The fourth-order valence-electron chi connectivity index (χ4n) is 2.20. The summed E-state index contributed by atoms with van der Waals surface area (Å²) >= 11 is 0. The molecule has 0 radical (unpaired) electrons. The number of hydrogen-bond donors (Lipinski definition) is 4. The number of rotatable bonds is 7. The second-order valence-electron chi connectivity index (χ2n) is 5.99. The maximum atomic E-state index is 12.0. The van der Waals surface area contributed by atoms with E-state index >= 15 is 0 Å². The van der Waals surface area contributed by atoms with Crippen LogP contribution in [-0.4, -0.2) is 32.4 Å². The maximum absolute atomic E-state index is 12.0. The van der Waals surface area contributed by atoms with Gasteiger partial charge in [-0.05, 0) is 37.1 Å². The normalized spacial score (nSPS) is 11.6. The number of hydrogen-bond acceptors (Lipinski definition) is 8. The summed E-state index contributed by atoms with van der Waals surface area (Å²) in [6.07, 6.45) is 0.804. The molecule has 1 atom stereocenters. The fraction of sp³-hybridized carbons (Fsp3) is 0.263. The molecular formula is C19H20O8. The SMILES string of the molecule is CC(CCCC(=O)Oc1ccc(O)c(O)c1)C(=O)Oc1ccc(O)c(O)c1. The number of benzene rings is 2. The van der Waals surface area contributed by atoms with Crippen LogP contribution >= 0.6 is 0 Å². The lowest BCUT2D eigenvalue weighted by Gasteiger charge is -2.11. The van der Waals surface area contributed by atoms with Crippen molar-refractivity contribution in [2.45, 2.75) is 26.2 Å². The van der Waals surface area contributed by atoms with E-state index in [1.54, 1.807) is 6.92 Å². The van der Waals surface area contributed by atoms with Gasteiger partial charge >= 0.3 is 11.9 Å². The summed E-state index contributed by atoms with van der Waals surface area (Å²) < 4.78 is 10.1. The van der Waals surface area contributed by atoms with E-state index < -0.39 is 29.4 Å². The third kappa shape index (κ3) is 5.81. The molecule has 2 aromatic rings. The molecule has 0 heterocycles. The number of ether oxygens (including phenoxy) is 2. The lowest BCUT2D eigenvalue weighted by molar-refractivity contribution is -0.139. The molecule has 0 bridgehead atoms. The largest absolute Gasteiger partial charge is 0.504 e. The van der Waals surface area contributed by atoms with Crippen LogP contribution in [0, 0.1) is 5.92 Å². The third-order valence-electron chi connectivity index (χ3n) is 3.76. The Hall–Kier alpha value is -3.42. The van der Waals surface area contributed by atoms with Crippen molar-refractivity contribution in [1.29, 1.82) is 0 Å². The van der Waals surface area contributed by atoms with Crippen LogP contribution in [-0.2, 0) is 9.59 Å². The van der Waals surface area contributed by atoms with Crippen LogP contribution < -0.4 is 9.47 Å². The molecule has 8 nitrogen and oxygen atoms in total. The minimum Gasteiger partial charge on any atom is -0.504 e. The smallest absolute Gasteiger partial charge is 0.314 e. The van der Waals surface area contributed by atoms with Crippen LogP contribution in [0.4, 0.5) is 0 Å². The predicted molar refractivity (Wildman–Crippen MR) is 93.8 cm³/mol. The van der Waals surface area contributed by atoms with Gasteiger partial charge in [-0.25, -0.2) is 0 Å². The second kappa shape index (κ2) is 8.79. The quantitative estimate of drug-likeness (QED) is 0.329. The Morgan fingerprint density at radius 1 is 0.852 bits per heavy atom. The lowest BCUT2D eigenvalue weighted by atomic mass is 10.0. The molecule has 1 unspecified atom stereocenters. The van der Waals surface area contributed by atoms with Gasteiger partial charge in [0.25, 0.3) is 0 Å². The van der Waals surface area contributed by atoms with Crippen LogP contribution in [0.1, 0.15) is 26.2 Å². The average molecular weight is 376 g/mol. The van der Waals surface area contributed by atoms with E-state index in [1.807, 2.05) is 0 Å². The minimum absolute atomic E-state index is 0.0548. The van der Waals surface area contributed by atoms with E-state index in [9.17, 15) is 30.0 Å². The fourth-order valence-corrected chi connectivity index (χ4v) is 2.20. The van der Waals surface area contributed by atoms with E-state index in [2.05, 4.69) is 0 Å². The maximum Gasteiger partial charge on any atom is 0.314 e. The number of esters is 2.